The summed E-state index contributed by atoms with van der Waals surface area (Å²) < 4.78 is 32.2. The minimum atomic E-state index is -2.82. The molecule has 2 aromatic carbocycles. The van der Waals surface area contributed by atoms with E-state index in [4.69, 9.17) is 23.4 Å². The lowest BCUT2D eigenvalue weighted by molar-refractivity contribution is -0.345. The molecule has 4 aliphatic rings. The van der Waals surface area contributed by atoms with Crippen LogP contribution in [0.25, 0.3) is 0 Å². The largest absolute Gasteiger partial charge is 0.456 e. The Morgan fingerprint density at radius 3 is 2.09 bits per heavy atom. The molecule has 3 aliphatic carbocycles. The van der Waals surface area contributed by atoms with E-state index in [1.54, 1.807) is 109 Å². The van der Waals surface area contributed by atoms with Gasteiger partial charge in [-0.15, -0.1) is 0 Å². The molecule has 1 amide bonds. The van der Waals surface area contributed by atoms with Crippen LogP contribution in [0.15, 0.2) is 83.5 Å². The number of hydrogen-bond acceptors (Lipinski definition) is 12. The summed E-state index contributed by atoms with van der Waals surface area (Å²) >= 11 is 0. The van der Waals surface area contributed by atoms with Gasteiger partial charge in [0.2, 0.25) is 5.91 Å². The minimum absolute atomic E-state index is 0.0551. The van der Waals surface area contributed by atoms with Crippen LogP contribution in [0.4, 0.5) is 0 Å². The number of fused-ring (bicyclic) bond motifs is 5. The first-order chi connectivity index (χ1) is 29.7. The van der Waals surface area contributed by atoms with Gasteiger partial charge in [0, 0.05) is 36.7 Å². The Morgan fingerprint density at radius 2 is 1.56 bits per heavy atom. The highest BCUT2D eigenvalue weighted by Crippen LogP contribution is 2.65. The monoisotopic (exact) mass is 901 g/mol. The van der Waals surface area contributed by atoms with Gasteiger partial charge in [0.25, 0.3) is 0 Å². The molecule has 64 heavy (non-hydrogen) atoms. The maximum Gasteiger partial charge on any atom is 0.338 e. The van der Waals surface area contributed by atoms with Crippen molar-refractivity contribution in [3.05, 3.63) is 94.6 Å². The van der Waals surface area contributed by atoms with Crippen molar-refractivity contribution in [2.24, 2.45) is 22.7 Å². The zero-order valence-electron chi connectivity index (χ0n) is 39.6. The van der Waals surface area contributed by atoms with E-state index in [0.717, 1.165) is 0 Å². The summed E-state index contributed by atoms with van der Waals surface area (Å²) in [5.41, 5.74) is -4.73. The Hall–Kier alpha value is -4.47. The number of amides is 1. The molecule has 3 fully saturated rings. The maximum absolute atomic E-state index is 15.5. The number of allylic oxidation sites excluding steroid dienone is 1. The molecule has 0 spiro atoms. The Bertz CT molecular complexity index is 2210. The van der Waals surface area contributed by atoms with Crippen LogP contribution in [0.5, 0.6) is 0 Å². The molecule has 13 nitrogen and oxygen atoms in total. The van der Waals surface area contributed by atoms with Gasteiger partial charge >= 0.3 is 17.9 Å². The molecule has 2 unspecified atom stereocenters. The molecule has 1 saturated heterocycles. The summed E-state index contributed by atoms with van der Waals surface area (Å²) in [6.45, 7) is 23.1. The van der Waals surface area contributed by atoms with Crippen LogP contribution in [-0.4, -0.2) is 96.5 Å². The fourth-order valence-corrected chi connectivity index (χ4v) is 11.8. The highest BCUT2D eigenvalue weighted by atomic mass is 28.4. The van der Waals surface area contributed by atoms with E-state index in [1.165, 1.54) is 6.92 Å². The number of aliphatic hydroxyl groups is 2. The second kappa shape index (κ2) is 17.4. The first kappa shape index (κ1) is 49.0. The van der Waals surface area contributed by atoms with E-state index < -0.39 is 108 Å². The third-order valence-electron chi connectivity index (χ3n) is 15.5. The number of carbonyl (C=O) groups excluding carboxylic acids is 5. The Labute approximate surface area is 378 Å². The smallest absolute Gasteiger partial charge is 0.338 e. The molecule has 0 radical (unpaired) electrons. The molecule has 2 saturated carbocycles. The molecule has 11 atom stereocenters. The highest BCUT2D eigenvalue weighted by Gasteiger charge is 2.77. The predicted octanol–water partition coefficient (Wildman–Crippen LogP) is 7.12. The summed E-state index contributed by atoms with van der Waals surface area (Å²) in [6.07, 6.45) is -5.23. The van der Waals surface area contributed by atoms with Crippen LogP contribution in [0.2, 0.25) is 18.1 Å². The molecule has 0 aromatic heterocycles. The standard InChI is InChI=1S/C50H67NO12Si/c1-14-28(2)43(55)51-38(32-21-17-15-18-22-32)39(63-64(12,13)46(6,7)8)45(57)60-34-26-50(58)42(61-44(56)33-23-19-16-20-24-33)40-48(11,41(54)30(4)37(29(34)3)47(50,9)10)35(53)25-36-49(40,27-59-36)62-31(5)52/h14-24,30,34-36,38-40,42,53,58H,25-27H2,1-13H3,(H,51,55)/b28-14+/t30-,34+,35+,36-,38+,39-,40?,42?,48-,49+,50-/m1/s1. The van der Waals surface area contributed by atoms with Crippen LogP contribution >= 0.6 is 0 Å². The van der Waals surface area contributed by atoms with E-state index >= 15 is 9.59 Å². The predicted molar refractivity (Wildman–Crippen MR) is 241 cm³/mol. The van der Waals surface area contributed by atoms with Crippen molar-refractivity contribution in [1.29, 1.82) is 0 Å². The second-order valence-electron chi connectivity index (χ2n) is 20.5. The Balaban J connectivity index is 1.56. The van der Waals surface area contributed by atoms with Gasteiger partial charge in [0.05, 0.1) is 35.6 Å². The summed E-state index contributed by atoms with van der Waals surface area (Å²) in [5.74, 6) is -5.48. The molecule has 3 N–H and O–H groups in total. The van der Waals surface area contributed by atoms with E-state index in [1.807, 2.05) is 39.9 Å². The molecule has 2 bridgehead atoms. The molecule has 6 rings (SSSR count). The molecule has 1 aliphatic heterocycles. The number of Topliss-reactive ketones (excluding diaryl/α,β-unsaturated/α-hetero) is 1. The number of hydrogen-bond donors (Lipinski definition) is 3. The van der Waals surface area contributed by atoms with E-state index in [0.29, 0.717) is 22.3 Å². The Kier molecular flexibility index (Phi) is 13.3. The van der Waals surface area contributed by atoms with E-state index in [2.05, 4.69) is 5.32 Å². The van der Waals surface area contributed by atoms with Gasteiger partial charge in [-0.2, -0.15) is 0 Å². The summed E-state index contributed by atoms with van der Waals surface area (Å²) in [5, 5.41) is 28.6. The maximum atomic E-state index is 15.5. The van der Waals surface area contributed by atoms with Crippen molar-refractivity contribution in [1.82, 2.24) is 5.32 Å². The Morgan fingerprint density at radius 1 is 0.969 bits per heavy atom. The van der Waals surface area contributed by atoms with Gasteiger partial charge in [-0.25, -0.2) is 9.59 Å². The van der Waals surface area contributed by atoms with Crippen molar-refractivity contribution in [2.75, 3.05) is 6.61 Å². The zero-order valence-corrected chi connectivity index (χ0v) is 40.6. The average Bonchev–Trinajstić information content (AvgIpc) is 3.22. The van der Waals surface area contributed by atoms with Crippen LogP contribution in [-0.2, 0) is 42.6 Å². The lowest BCUT2D eigenvalue weighted by atomic mass is 9.43. The second-order valence-corrected chi connectivity index (χ2v) is 25.3. The van der Waals surface area contributed by atoms with Crippen molar-refractivity contribution in [2.45, 2.75) is 155 Å². The van der Waals surface area contributed by atoms with Gasteiger partial charge in [0.15, 0.2) is 20.0 Å². The number of esters is 3. The number of ether oxygens (including phenoxy) is 4. The number of benzene rings is 2. The summed E-state index contributed by atoms with van der Waals surface area (Å²) in [7, 11) is -2.82. The number of aliphatic hydroxyl groups excluding tert-OH is 1. The van der Waals surface area contributed by atoms with Gasteiger partial charge in [0.1, 0.15) is 29.7 Å². The van der Waals surface area contributed by atoms with Gasteiger partial charge in [-0.05, 0) is 74.7 Å². The highest BCUT2D eigenvalue weighted by molar-refractivity contribution is 6.74. The molecule has 348 valence electrons. The summed E-state index contributed by atoms with van der Waals surface area (Å²) in [6, 6.07) is 16.2. The van der Waals surface area contributed by atoms with Crippen molar-refractivity contribution in [3.8, 4) is 0 Å². The number of carbonyl (C=O) groups is 5. The SMILES string of the molecule is C/C=C(\C)C(=O)N[C@@H](c1ccccc1)[C@@H](O[Si](C)(C)C(C)(C)C)C(=O)O[C@H]1C[C@@]2(O)C(OC(=O)c3ccccc3)C3[C@](C)(C(=O)[C@H](C)C(=C1C)C2(C)C)[C@@H](O)C[C@H]1OC[C@@]31OC(C)=O. The van der Waals surface area contributed by atoms with Gasteiger partial charge in [-0.1, -0.05) is 96.1 Å². The van der Waals surface area contributed by atoms with Crippen molar-refractivity contribution in [3.63, 3.8) is 0 Å². The average molecular weight is 902 g/mol. The van der Waals surface area contributed by atoms with Crippen LogP contribution in [0, 0.1) is 22.7 Å². The topological polar surface area (TPSA) is 184 Å². The minimum Gasteiger partial charge on any atom is -0.456 e. The van der Waals surface area contributed by atoms with Crippen molar-refractivity contribution >= 4 is 37.9 Å². The number of nitrogens with one attached hydrogen (secondary N) is 1. The van der Waals surface area contributed by atoms with E-state index in [9.17, 15) is 24.6 Å². The third kappa shape index (κ3) is 8.11. The molecule has 2 aromatic rings. The lowest BCUT2D eigenvalue weighted by Gasteiger charge is -2.67. The molecule has 1 heterocycles. The zero-order chi connectivity index (χ0) is 47.5. The number of rotatable bonds is 11. The number of ketones is 1. The third-order valence-corrected chi connectivity index (χ3v) is 19.9. The van der Waals surface area contributed by atoms with Gasteiger partial charge < -0.3 is 38.9 Å². The first-order valence-corrected chi connectivity index (χ1v) is 25.2. The quantitative estimate of drug-likeness (QED) is 0.0684. The summed E-state index contributed by atoms with van der Waals surface area (Å²) in [4.78, 5) is 71.8. The molecular weight excluding hydrogens is 835 g/mol. The normalized spacial score (nSPS) is 32.3. The molecular formula is C50H67NO12Si. The lowest BCUT2D eigenvalue weighted by Crippen LogP contribution is -2.81. The van der Waals surface area contributed by atoms with Crippen LogP contribution in [0.3, 0.4) is 0 Å². The van der Waals surface area contributed by atoms with Crippen LogP contribution < -0.4 is 5.32 Å². The fraction of sp³-hybridized carbons (Fsp3) is 0.580. The van der Waals surface area contributed by atoms with Crippen molar-refractivity contribution < 1.29 is 57.6 Å². The first-order valence-electron chi connectivity index (χ1n) is 22.3. The molecule has 14 heteroatoms. The van der Waals surface area contributed by atoms with E-state index in [-0.39, 0.29) is 30.1 Å². The van der Waals surface area contributed by atoms with Gasteiger partial charge in [-0.3, -0.25) is 14.4 Å². The fourth-order valence-electron chi connectivity index (χ4n) is 10.6. The van der Waals surface area contributed by atoms with Crippen LogP contribution in [0.1, 0.15) is 111 Å².